The Balaban J connectivity index is 2.85. The van der Waals surface area contributed by atoms with Crippen LogP contribution in [-0.2, 0) is 24.4 Å². The highest BCUT2D eigenvalue weighted by Crippen LogP contribution is 2.19. The average molecular weight is 308 g/mol. The number of hydrogen-bond acceptors (Lipinski definition) is 7. The zero-order valence-electron chi connectivity index (χ0n) is 9.92. The maximum atomic E-state index is 11.8. The topological polar surface area (TPSA) is 122 Å². The van der Waals surface area contributed by atoms with E-state index in [1.807, 2.05) is 0 Å². The van der Waals surface area contributed by atoms with Crippen LogP contribution in [0.2, 0.25) is 0 Å². The Kier molecular flexibility index (Phi) is 5.11. The van der Waals surface area contributed by atoms with E-state index in [1.54, 1.807) is 6.07 Å². The molecular weight excluding hydrogens is 296 g/mol. The van der Waals surface area contributed by atoms with Crippen molar-refractivity contribution in [2.24, 2.45) is 10.2 Å². The number of rotatable bonds is 6. The molecule has 1 N–H and O–H groups in total. The molecule has 0 aliphatic rings. The summed E-state index contributed by atoms with van der Waals surface area (Å²) in [5, 5.41) is 7.21. The first-order chi connectivity index (χ1) is 8.74. The van der Waals surface area contributed by atoms with Crippen LogP contribution in [0.4, 0.5) is 5.69 Å². The summed E-state index contributed by atoms with van der Waals surface area (Å²) < 4.78 is 56.6. The summed E-state index contributed by atoms with van der Waals surface area (Å²) in [6, 6.07) is 5.70. The van der Waals surface area contributed by atoms with Crippen LogP contribution in [0.1, 0.15) is 0 Å². The summed E-state index contributed by atoms with van der Waals surface area (Å²) in [5.74, 6) is -0.584. The summed E-state index contributed by atoms with van der Waals surface area (Å²) in [6.45, 7) is -0.666. The lowest BCUT2D eigenvalue weighted by Gasteiger charge is -2.04. The van der Waals surface area contributed by atoms with Crippen LogP contribution in [0.25, 0.3) is 0 Å². The second-order valence-corrected chi connectivity index (χ2v) is 6.57. The van der Waals surface area contributed by atoms with Gasteiger partial charge in [0.15, 0.2) is 9.84 Å². The van der Waals surface area contributed by atoms with Crippen molar-refractivity contribution >= 4 is 25.9 Å². The molecule has 106 valence electrons. The predicted molar refractivity (Wildman–Crippen MR) is 66.4 cm³/mol. The van der Waals surface area contributed by atoms with Gasteiger partial charge in [-0.25, -0.2) is 12.6 Å². The van der Waals surface area contributed by atoms with E-state index in [2.05, 4.69) is 14.4 Å². The van der Waals surface area contributed by atoms with Gasteiger partial charge < -0.3 is 0 Å². The maximum absolute atomic E-state index is 11.8. The van der Waals surface area contributed by atoms with Crippen molar-refractivity contribution in [1.29, 1.82) is 0 Å². The lowest BCUT2D eigenvalue weighted by Crippen LogP contribution is -2.15. The lowest BCUT2D eigenvalue weighted by atomic mass is 10.3. The van der Waals surface area contributed by atoms with Crippen LogP contribution in [0, 0.1) is 0 Å². The van der Waals surface area contributed by atoms with Crippen LogP contribution in [-0.4, -0.2) is 40.8 Å². The Morgan fingerprint density at radius 1 is 1.26 bits per heavy atom. The van der Waals surface area contributed by atoms with Crippen molar-refractivity contribution in [1.82, 2.24) is 0 Å². The Morgan fingerprint density at radius 2 is 1.95 bits per heavy atom. The number of hydrogen-bond donors (Lipinski definition) is 1. The fourth-order valence-electron chi connectivity index (χ4n) is 1.22. The molecule has 0 unspecified atom stereocenters. The van der Waals surface area contributed by atoms with Crippen LogP contribution in [0.5, 0.6) is 0 Å². The molecular formula is C9H12N2O6S2. The third-order valence-electron chi connectivity index (χ3n) is 1.98. The third-order valence-corrected chi connectivity index (χ3v) is 4.12. The van der Waals surface area contributed by atoms with E-state index in [0.717, 1.165) is 0 Å². The van der Waals surface area contributed by atoms with E-state index in [1.165, 1.54) is 25.2 Å². The fourth-order valence-corrected chi connectivity index (χ4v) is 2.75. The summed E-state index contributed by atoms with van der Waals surface area (Å²) in [4.78, 5) is -0.0312. The predicted octanol–water partition coefficient (Wildman–Crippen LogP) is 0.993. The van der Waals surface area contributed by atoms with Crippen LogP contribution in [0.15, 0.2) is 39.4 Å². The van der Waals surface area contributed by atoms with Gasteiger partial charge in [-0.2, -0.15) is 18.6 Å². The van der Waals surface area contributed by atoms with Gasteiger partial charge >= 0.3 is 10.4 Å². The molecule has 0 saturated heterocycles. The second kappa shape index (κ2) is 6.19. The Morgan fingerprint density at radius 3 is 2.53 bits per heavy atom. The summed E-state index contributed by atoms with van der Waals surface area (Å²) >= 11 is 0. The van der Waals surface area contributed by atoms with Gasteiger partial charge in [0, 0.05) is 7.05 Å². The van der Waals surface area contributed by atoms with Crippen LogP contribution >= 0.6 is 0 Å². The molecule has 0 bridgehead atoms. The van der Waals surface area contributed by atoms with Gasteiger partial charge in [0.25, 0.3) is 0 Å². The van der Waals surface area contributed by atoms with E-state index < -0.39 is 32.6 Å². The summed E-state index contributed by atoms with van der Waals surface area (Å²) in [5.41, 5.74) is 0.360. The minimum Gasteiger partial charge on any atom is -0.264 e. The standard InChI is InChI=1S/C9H12N2O6S2/c1-10-11-8-3-2-4-9(7-8)18(12,13)6-5-17-19(14,15)16/h2-4,7H,5-6H2,1H3,(H,14,15,16). The summed E-state index contributed by atoms with van der Waals surface area (Å²) in [7, 11) is -6.92. The van der Waals surface area contributed by atoms with Crippen molar-refractivity contribution in [3.63, 3.8) is 0 Å². The third kappa shape index (κ3) is 5.42. The monoisotopic (exact) mass is 308 g/mol. The normalized spacial score (nSPS) is 12.9. The SMILES string of the molecule is CN=Nc1cccc(S(=O)(=O)CCOS(=O)(=O)O)c1. The van der Waals surface area contributed by atoms with Crippen molar-refractivity contribution < 1.29 is 25.6 Å². The van der Waals surface area contributed by atoms with E-state index in [4.69, 9.17) is 4.55 Å². The van der Waals surface area contributed by atoms with E-state index in [9.17, 15) is 16.8 Å². The molecule has 0 fully saturated rings. The molecule has 1 aromatic carbocycles. The fraction of sp³-hybridized carbons (Fsp3) is 0.333. The van der Waals surface area contributed by atoms with E-state index in [0.29, 0.717) is 5.69 Å². The first-order valence-corrected chi connectivity index (χ1v) is 8.01. The van der Waals surface area contributed by atoms with Gasteiger partial charge in [0.05, 0.1) is 22.9 Å². The largest absolute Gasteiger partial charge is 0.397 e. The number of benzene rings is 1. The molecule has 1 aromatic rings. The molecule has 0 heterocycles. The smallest absolute Gasteiger partial charge is 0.264 e. The summed E-state index contributed by atoms with van der Waals surface area (Å²) in [6.07, 6.45) is 0. The first kappa shape index (κ1) is 15.7. The Hall–Kier alpha value is -1.36. The van der Waals surface area contributed by atoms with Crippen molar-refractivity contribution in [2.75, 3.05) is 19.4 Å². The quantitative estimate of drug-likeness (QED) is 0.617. The van der Waals surface area contributed by atoms with Gasteiger partial charge in [-0.15, -0.1) is 0 Å². The second-order valence-electron chi connectivity index (χ2n) is 3.37. The van der Waals surface area contributed by atoms with Crippen LogP contribution in [0.3, 0.4) is 0 Å². The van der Waals surface area contributed by atoms with E-state index >= 15 is 0 Å². The van der Waals surface area contributed by atoms with Gasteiger partial charge in [-0.3, -0.25) is 4.55 Å². The molecule has 19 heavy (non-hydrogen) atoms. The van der Waals surface area contributed by atoms with E-state index in [-0.39, 0.29) is 4.90 Å². The molecule has 1 rings (SSSR count). The minimum atomic E-state index is -4.64. The molecule has 0 radical (unpaired) electrons. The molecule has 0 aliphatic carbocycles. The average Bonchev–Trinajstić information content (AvgIpc) is 2.28. The van der Waals surface area contributed by atoms with Crippen molar-refractivity contribution in [2.45, 2.75) is 4.90 Å². The zero-order chi connectivity index (χ0) is 14.5. The van der Waals surface area contributed by atoms with Gasteiger partial charge in [0.2, 0.25) is 0 Å². The molecule has 0 amide bonds. The molecule has 0 aromatic heterocycles. The highest BCUT2D eigenvalue weighted by molar-refractivity contribution is 7.91. The Labute approximate surface area is 111 Å². The molecule has 0 spiro atoms. The number of nitrogens with zero attached hydrogens (tertiary/aromatic N) is 2. The molecule has 10 heteroatoms. The van der Waals surface area contributed by atoms with Crippen molar-refractivity contribution in [3.8, 4) is 0 Å². The highest BCUT2D eigenvalue weighted by Gasteiger charge is 2.16. The molecule has 8 nitrogen and oxygen atoms in total. The zero-order valence-corrected chi connectivity index (χ0v) is 11.6. The van der Waals surface area contributed by atoms with Crippen LogP contribution < -0.4 is 0 Å². The Bertz CT molecular complexity index is 666. The van der Waals surface area contributed by atoms with Gasteiger partial charge in [0.1, 0.15) is 0 Å². The maximum Gasteiger partial charge on any atom is 0.397 e. The van der Waals surface area contributed by atoms with Gasteiger partial charge in [-0.05, 0) is 18.2 Å². The first-order valence-electron chi connectivity index (χ1n) is 4.99. The van der Waals surface area contributed by atoms with Gasteiger partial charge in [-0.1, -0.05) is 6.07 Å². The molecule has 0 atom stereocenters. The highest BCUT2D eigenvalue weighted by atomic mass is 32.3. The number of azo groups is 1. The molecule has 0 saturated carbocycles. The molecule has 0 aliphatic heterocycles. The number of sulfone groups is 1. The minimum absolute atomic E-state index is 0.0312. The lowest BCUT2D eigenvalue weighted by molar-refractivity contribution is 0.284. The van der Waals surface area contributed by atoms with Crippen molar-refractivity contribution in [3.05, 3.63) is 24.3 Å².